The van der Waals surface area contributed by atoms with Gasteiger partial charge in [0.25, 0.3) is 0 Å². The molecule has 0 unspecified atom stereocenters. The summed E-state index contributed by atoms with van der Waals surface area (Å²) in [4.78, 5) is 4.14. The van der Waals surface area contributed by atoms with E-state index in [4.69, 9.17) is 5.73 Å². The Morgan fingerprint density at radius 2 is 2.40 bits per heavy atom. The Labute approximate surface area is 87.9 Å². The number of aromatic nitrogens is 3. The Morgan fingerprint density at radius 3 is 3.07 bits per heavy atom. The van der Waals surface area contributed by atoms with Crippen molar-refractivity contribution in [2.45, 2.75) is 6.54 Å². The summed E-state index contributed by atoms with van der Waals surface area (Å²) >= 11 is 0. The molecule has 15 heavy (non-hydrogen) atoms. The lowest BCUT2D eigenvalue weighted by Gasteiger charge is -2.03. The molecule has 0 radical (unpaired) electrons. The molecule has 0 spiro atoms. The third-order valence-corrected chi connectivity index (χ3v) is 2.02. The van der Waals surface area contributed by atoms with Gasteiger partial charge in [0.1, 0.15) is 5.82 Å². The first-order chi connectivity index (χ1) is 7.24. The van der Waals surface area contributed by atoms with Crippen molar-refractivity contribution in [3.05, 3.63) is 36.3 Å². The highest BCUT2D eigenvalue weighted by atomic mass is 15.2. The summed E-state index contributed by atoms with van der Waals surface area (Å²) in [6.45, 7) is 0.699. The predicted octanol–water partition coefficient (Wildman–Crippen LogP) is 1.01. The third kappa shape index (κ3) is 2.46. The number of nitrogens with zero attached hydrogens (tertiary/aromatic N) is 3. The Balaban J connectivity index is 1.99. The van der Waals surface area contributed by atoms with Crippen molar-refractivity contribution in [3.8, 4) is 0 Å². The summed E-state index contributed by atoms with van der Waals surface area (Å²) in [6.07, 6.45) is 5.46. The molecule has 0 saturated heterocycles. The molecule has 2 aromatic heterocycles. The number of hydrogen-bond acceptors (Lipinski definition) is 4. The maximum absolute atomic E-state index is 5.64. The molecule has 2 aromatic rings. The highest BCUT2D eigenvalue weighted by Crippen LogP contribution is 2.09. The number of anilines is 2. The van der Waals surface area contributed by atoms with Gasteiger partial charge >= 0.3 is 0 Å². The van der Waals surface area contributed by atoms with Crippen LogP contribution >= 0.6 is 0 Å². The minimum Gasteiger partial charge on any atom is -0.399 e. The molecular weight excluding hydrogens is 190 g/mol. The average molecular weight is 203 g/mol. The molecule has 0 aliphatic rings. The van der Waals surface area contributed by atoms with Crippen molar-refractivity contribution in [1.29, 1.82) is 0 Å². The molecule has 0 atom stereocenters. The molecule has 0 fully saturated rings. The first-order valence-electron chi connectivity index (χ1n) is 4.67. The van der Waals surface area contributed by atoms with E-state index in [1.807, 2.05) is 19.4 Å². The molecule has 2 heterocycles. The zero-order chi connectivity index (χ0) is 10.7. The van der Waals surface area contributed by atoms with E-state index >= 15 is 0 Å². The molecular formula is C10H13N5. The average Bonchev–Trinajstić information content (AvgIpc) is 2.62. The maximum atomic E-state index is 5.64. The van der Waals surface area contributed by atoms with Crippen molar-refractivity contribution in [3.63, 3.8) is 0 Å². The van der Waals surface area contributed by atoms with Crippen molar-refractivity contribution in [1.82, 2.24) is 14.8 Å². The van der Waals surface area contributed by atoms with Crippen LogP contribution in [0.25, 0.3) is 0 Å². The zero-order valence-corrected chi connectivity index (χ0v) is 8.51. The largest absolute Gasteiger partial charge is 0.399 e. The highest BCUT2D eigenvalue weighted by molar-refractivity contribution is 5.48. The van der Waals surface area contributed by atoms with E-state index in [9.17, 15) is 0 Å². The van der Waals surface area contributed by atoms with Gasteiger partial charge in [0.2, 0.25) is 0 Å². The molecule has 3 N–H and O–H groups in total. The molecule has 0 bridgehead atoms. The van der Waals surface area contributed by atoms with Gasteiger partial charge in [-0.1, -0.05) is 0 Å². The van der Waals surface area contributed by atoms with Crippen LogP contribution in [0, 0.1) is 0 Å². The van der Waals surface area contributed by atoms with E-state index in [0.717, 1.165) is 11.4 Å². The number of aryl methyl sites for hydroxylation is 1. The van der Waals surface area contributed by atoms with Crippen molar-refractivity contribution >= 4 is 11.5 Å². The first kappa shape index (κ1) is 9.51. The summed E-state index contributed by atoms with van der Waals surface area (Å²) in [5, 5.41) is 7.25. The molecule has 0 aliphatic heterocycles. The van der Waals surface area contributed by atoms with Crippen LogP contribution in [0.2, 0.25) is 0 Å². The van der Waals surface area contributed by atoms with Gasteiger partial charge in [0.15, 0.2) is 0 Å². The van der Waals surface area contributed by atoms with Crippen LogP contribution in [0.3, 0.4) is 0 Å². The number of rotatable bonds is 3. The van der Waals surface area contributed by atoms with Crippen LogP contribution in [0.4, 0.5) is 11.5 Å². The Morgan fingerprint density at radius 1 is 1.53 bits per heavy atom. The van der Waals surface area contributed by atoms with Gasteiger partial charge in [-0.05, 0) is 6.07 Å². The van der Waals surface area contributed by atoms with Gasteiger partial charge in [-0.3, -0.25) is 4.68 Å². The zero-order valence-electron chi connectivity index (χ0n) is 8.51. The van der Waals surface area contributed by atoms with Gasteiger partial charge in [0.05, 0.1) is 6.20 Å². The molecule has 78 valence electrons. The second-order valence-electron chi connectivity index (χ2n) is 3.35. The smallest absolute Gasteiger partial charge is 0.128 e. The lowest BCUT2D eigenvalue weighted by atomic mass is 10.3. The monoisotopic (exact) mass is 203 g/mol. The van der Waals surface area contributed by atoms with Crippen molar-refractivity contribution in [2.75, 3.05) is 11.1 Å². The number of hydrogen-bond donors (Lipinski definition) is 2. The summed E-state index contributed by atoms with van der Waals surface area (Å²) in [5.41, 5.74) is 7.46. The topological polar surface area (TPSA) is 68.8 Å². The Bertz CT molecular complexity index is 449. The van der Waals surface area contributed by atoms with E-state index in [-0.39, 0.29) is 0 Å². The van der Waals surface area contributed by atoms with Crippen LogP contribution in [0.5, 0.6) is 0 Å². The van der Waals surface area contributed by atoms with Gasteiger partial charge in [-0.15, -0.1) is 0 Å². The fraction of sp³-hybridized carbons (Fsp3) is 0.200. The predicted molar refractivity (Wildman–Crippen MR) is 59.2 cm³/mol. The van der Waals surface area contributed by atoms with E-state index in [0.29, 0.717) is 12.2 Å². The van der Waals surface area contributed by atoms with E-state index in [1.54, 1.807) is 23.0 Å². The number of pyridine rings is 1. The van der Waals surface area contributed by atoms with Crippen LogP contribution in [-0.2, 0) is 13.6 Å². The second-order valence-corrected chi connectivity index (χ2v) is 3.35. The first-order valence-corrected chi connectivity index (χ1v) is 4.67. The third-order valence-electron chi connectivity index (χ3n) is 2.02. The molecule has 5 heteroatoms. The summed E-state index contributed by atoms with van der Waals surface area (Å²) in [7, 11) is 1.89. The summed E-state index contributed by atoms with van der Waals surface area (Å²) < 4.78 is 1.77. The summed E-state index contributed by atoms with van der Waals surface area (Å²) in [5.74, 6) is 0.777. The normalized spacial score (nSPS) is 10.2. The van der Waals surface area contributed by atoms with Gasteiger partial charge in [0, 0.05) is 43.3 Å². The van der Waals surface area contributed by atoms with Crippen molar-refractivity contribution in [2.24, 2.45) is 7.05 Å². The number of nitrogens with two attached hydrogens (primary N) is 1. The van der Waals surface area contributed by atoms with Crippen LogP contribution in [-0.4, -0.2) is 14.8 Å². The quantitative estimate of drug-likeness (QED) is 0.781. The van der Waals surface area contributed by atoms with Crippen LogP contribution < -0.4 is 11.1 Å². The number of nitrogen functional groups attached to an aromatic ring is 1. The van der Waals surface area contributed by atoms with Gasteiger partial charge in [-0.25, -0.2) is 4.98 Å². The minimum absolute atomic E-state index is 0.699. The molecule has 0 amide bonds. The Kier molecular flexibility index (Phi) is 2.53. The fourth-order valence-corrected chi connectivity index (χ4v) is 1.30. The van der Waals surface area contributed by atoms with E-state index in [1.165, 1.54) is 0 Å². The molecule has 0 aromatic carbocycles. The molecule has 5 nitrogen and oxygen atoms in total. The van der Waals surface area contributed by atoms with Crippen LogP contribution in [0.15, 0.2) is 30.7 Å². The highest BCUT2D eigenvalue weighted by Gasteiger charge is 1.97. The minimum atomic E-state index is 0.699. The molecule has 0 saturated carbocycles. The SMILES string of the molecule is Cn1cc(CNc2cc(N)ccn2)cn1. The number of nitrogens with one attached hydrogen (secondary N) is 1. The Hall–Kier alpha value is -2.04. The van der Waals surface area contributed by atoms with E-state index < -0.39 is 0 Å². The van der Waals surface area contributed by atoms with Gasteiger partial charge < -0.3 is 11.1 Å². The summed E-state index contributed by atoms with van der Waals surface area (Å²) in [6, 6.07) is 3.56. The maximum Gasteiger partial charge on any atom is 0.128 e. The van der Waals surface area contributed by atoms with E-state index in [2.05, 4.69) is 15.4 Å². The van der Waals surface area contributed by atoms with Crippen molar-refractivity contribution < 1.29 is 0 Å². The lowest BCUT2D eigenvalue weighted by molar-refractivity contribution is 0.767. The van der Waals surface area contributed by atoms with Gasteiger partial charge in [-0.2, -0.15) is 5.10 Å². The second kappa shape index (κ2) is 4.00. The molecule has 0 aliphatic carbocycles. The fourth-order valence-electron chi connectivity index (χ4n) is 1.30. The lowest BCUT2D eigenvalue weighted by Crippen LogP contribution is -2.01. The molecule has 2 rings (SSSR count). The standard InChI is InChI=1S/C10H13N5/c1-15-7-8(6-14-15)5-13-10-4-9(11)2-3-12-10/h2-4,6-7H,5H2,1H3,(H3,11,12,13). The van der Waals surface area contributed by atoms with Crippen LogP contribution in [0.1, 0.15) is 5.56 Å².